The van der Waals surface area contributed by atoms with Crippen LogP contribution >= 0.6 is 0 Å². The molecule has 1 N–H and O–H groups in total. The highest BCUT2D eigenvalue weighted by Crippen LogP contribution is 2.26. The van der Waals surface area contributed by atoms with Crippen LogP contribution in [0.5, 0.6) is 5.75 Å². The molecule has 9 heteroatoms. The number of nitrogens with zero attached hydrogens (tertiary/aromatic N) is 4. The second-order valence-electron chi connectivity index (χ2n) is 8.51. The van der Waals surface area contributed by atoms with Crippen LogP contribution < -0.4 is 10.1 Å². The number of benzene rings is 2. The summed E-state index contributed by atoms with van der Waals surface area (Å²) in [6.07, 6.45) is 1.69. The Hall–Kier alpha value is -3.33. The van der Waals surface area contributed by atoms with E-state index in [1.807, 2.05) is 10.6 Å². The molecule has 3 aromatic rings. The maximum Gasteiger partial charge on any atom is 0.254 e. The molecule has 3 heterocycles. The number of amides is 1. The van der Waals surface area contributed by atoms with Gasteiger partial charge in [0.05, 0.1) is 18.2 Å². The third-order valence-corrected chi connectivity index (χ3v) is 6.22. The number of ether oxygens (including phenoxy) is 1. The number of halogens is 2. The number of carbonyl (C=O) groups is 1. The molecule has 0 bridgehead atoms. The van der Waals surface area contributed by atoms with Crippen molar-refractivity contribution in [2.75, 3.05) is 19.7 Å². The van der Waals surface area contributed by atoms with Gasteiger partial charge in [-0.25, -0.2) is 8.78 Å². The van der Waals surface area contributed by atoms with Crippen molar-refractivity contribution in [3.05, 3.63) is 76.4 Å². The SMILES string of the molecule is C[C@@H](NC(=O)c1cc(F)ccc1F)c1nnc2n1CCN(Cc1ccc3c(c1)CCO3)CC2. The summed E-state index contributed by atoms with van der Waals surface area (Å²) in [6, 6.07) is 8.70. The summed E-state index contributed by atoms with van der Waals surface area (Å²) in [6.45, 7) is 5.69. The van der Waals surface area contributed by atoms with E-state index in [1.165, 1.54) is 11.1 Å². The van der Waals surface area contributed by atoms with Gasteiger partial charge in [-0.05, 0) is 42.3 Å². The lowest BCUT2D eigenvalue weighted by Crippen LogP contribution is -2.30. The van der Waals surface area contributed by atoms with Crippen LogP contribution in [0.1, 0.15) is 46.1 Å². The highest BCUT2D eigenvalue weighted by molar-refractivity contribution is 5.94. The fraction of sp³-hybridized carbons (Fsp3) is 0.375. The Morgan fingerprint density at radius 3 is 2.88 bits per heavy atom. The first-order valence-electron chi connectivity index (χ1n) is 11.1. The molecule has 2 aliphatic rings. The molecule has 2 aromatic carbocycles. The summed E-state index contributed by atoms with van der Waals surface area (Å²) in [5, 5.41) is 11.3. The monoisotopic (exact) mass is 453 g/mol. The van der Waals surface area contributed by atoms with Crippen molar-refractivity contribution >= 4 is 5.91 Å². The van der Waals surface area contributed by atoms with Crippen LogP contribution in [0.2, 0.25) is 0 Å². The lowest BCUT2D eigenvalue weighted by atomic mass is 10.1. The van der Waals surface area contributed by atoms with Crippen LogP contribution in [0.4, 0.5) is 8.78 Å². The standard InChI is InChI=1S/C24H25F2N5O2/c1-15(27-24(32)19-13-18(25)3-4-20(19)26)23-29-28-22-6-8-30(9-10-31(22)23)14-16-2-5-21-17(12-16)7-11-33-21/h2-5,12-13,15H,6-11,14H2,1H3,(H,27,32)/t15-/m1/s1. The summed E-state index contributed by atoms with van der Waals surface area (Å²) in [7, 11) is 0. The minimum absolute atomic E-state index is 0.330. The van der Waals surface area contributed by atoms with Crippen molar-refractivity contribution in [1.29, 1.82) is 0 Å². The highest BCUT2D eigenvalue weighted by atomic mass is 19.1. The van der Waals surface area contributed by atoms with Crippen LogP contribution in [0.15, 0.2) is 36.4 Å². The van der Waals surface area contributed by atoms with Crippen LogP contribution in [0.25, 0.3) is 0 Å². The third kappa shape index (κ3) is 4.45. The van der Waals surface area contributed by atoms with E-state index in [9.17, 15) is 13.6 Å². The number of aromatic nitrogens is 3. The average Bonchev–Trinajstić information content (AvgIpc) is 3.38. The van der Waals surface area contributed by atoms with Crippen LogP contribution in [0, 0.1) is 11.6 Å². The highest BCUT2D eigenvalue weighted by Gasteiger charge is 2.24. The lowest BCUT2D eigenvalue weighted by molar-refractivity contribution is 0.0933. The third-order valence-electron chi connectivity index (χ3n) is 6.22. The molecule has 0 fully saturated rings. The van der Waals surface area contributed by atoms with Crippen molar-refractivity contribution in [1.82, 2.24) is 25.0 Å². The average molecular weight is 453 g/mol. The molecular formula is C24H25F2N5O2. The maximum absolute atomic E-state index is 14.0. The summed E-state index contributed by atoms with van der Waals surface area (Å²) in [4.78, 5) is 14.9. The van der Waals surface area contributed by atoms with E-state index in [1.54, 1.807) is 6.92 Å². The largest absolute Gasteiger partial charge is 0.493 e. The topological polar surface area (TPSA) is 72.3 Å². The minimum Gasteiger partial charge on any atom is -0.493 e. The van der Waals surface area contributed by atoms with Crippen LogP contribution in [-0.2, 0) is 25.9 Å². The second-order valence-corrected chi connectivity index (χ2v) is 8.51. The summed E-state index contributed by atoms with van der Waals surface area (Å²) < 4.78 is 35.0. The number of hydrogen-bond acceptors (Lipinski definition) is 5. The van der Waals surface area contributed by atoms with E-state index in [0.717, 1.165) is 68.9 Å². The van der Waals surface area contributed by atoms with Crippen molar-refractivity contribution in [2.45, 2.75) is 38.9 Å². The summed E-state index contributed by atoms with van der Waals surface area (Å²) in [5.41, 5.74) is 2.19. The maximum atomic E-state index is 14.0. The molecule has 5 rings (SSSR count). The van der Waals surface area contributed by atoms with E-state index >= 15 is 0 Å². The predicted octanol–water partition coefficient (Wildman–Crippen LogP) is 3.04. The molecule has 2 aliphatic heterocycles. The first-order chi connectivity index (χ1) is 16.0. The zero-order valence-corrected chi connectivity index (χ0v) is 18.4. The first-order valence-corrected chi connectivity index (χ1v) is 11.1. The minimum atomic E-state index is -0.769. The quantitative estimate of drug-likeness (QED) is 0.643. The Kier molecular flexibility index (Phi) is 5.80. The Morgan fingerprint density at radius 2 is 2.00 bits per heavy atom. The molecular weight excluding hydrogens is 428 g/mol. The molecule has 172 valence electrons. The Bertz CT molecular complexity index is 1200. The number of nitrogens with one attached hydrogen (secondary N) is 1. The van der Waals surface area contributed by atoms with E-state index in [0.29, 0.717) is 12.4 Å². The zero-order chi connectivity index (χ0) is 22.9. The number of carbonyl (C=O) groups excluding carboxylic acids is 1. The van der Waals surface area contributed by atoms with Gasteiger partial charge in [0.1, 0.15) is 23.2 Å². The molecule has 0 saturated heterocycles. The van der Waals surface area contributed by atoms with Gasteiger partial charge in [0.2, 0.25) is 0 Å². The van der Waals surface area contributed by atoms with Gasteiger partial charge in [-0.1, -0.05) is 12.1 Å². The van der Waals surface area contributed by atoms with Gasteiger partial charge in [0.25, 0.3) is 5.91 Å². The molecule has 0 unspecified atom stereocenters. The smallest absolute Gasteiger partial charge is 0.254 e. The van der Waals surface area contributed by atoms with Gasteiger partial charge in [0, 0.05) is 39.0 Å². The Morgan fingerprint density at radius 1 is 1.12 bits per heavy atom. The number of fused-ring (bicyclic) bond motifs is 2. The van der Waals surface area contributed by atoms with Gasteiger partial charge < -0.3 is 14.6 Å². The predicted molar refractivity (Wildman–Crippen MR) is 117 cm³/mol. The second kappa shape index (κ2) is 8.90. The molecule has 0 aliphatic carbocycles. The summed E-state index contributed by atoms with van der Waals surface area (Å²) >= 11 is 0. The molecule has 7 nitrogen and oxygen atoms in total. The van der Waals surface area contributed by atoms with Gasteiger partial charge >= 0.3 is 0 Å². The van der Waals surface area contributed by atoms with Crippen molar-refractivity contribution < 1.29 is 18.3 Å². The molecule has 33 heavy (non-hydrogen) atoms. The molecule has 0 spiro atoms. The fourth-order valence-corrected chi connectivity index (χ4v) is 4.47. The van der Waals surface area contributed by atoms with E-state index in [4.69, 9.17) is 4.74 Å². The number of hydrogen-bond donors (Lipinski definition) is 1. The van der Waals surface area contributed by atoms with Gasteiger partial charge in [0.15, 0.2) is 5.82 Å². The summed E-state index contributed by atoms with van der Waals surface area (Å²) in [5.74, 6) is 0.323. The van der Waals surface area contributed by atoms with E-state index < -0.39 is 23.6 Å². The number of rotatable bonds is 5. The van der Waals surface area contributed by atoms with Crippen LogP contribution in [-0.4, -0.2) is 45.3 Å². The molecule has 1 aromatic heterocycles. The van der Waals surface area contributed by atoms with Crippen molar-refractivity contribution in [3.63, 3.8) is 0 Å². The normalized spacial score (nSPS) is 16.5. The van der Waals surface area contributed by atoms with Crippen LogP contribution in [0.3, 0.4) is 0 Å². The fourth-order valence-electron chi connectivity index (χ4n) is 4.47. The zero-order valence-electron chi connectivity index (χ0n) is 18.4. The molecule has 0 saturated carbocycles. The van der Waals surface area contributed by atoms with Crippen molar-refractivity contribution in [2.24, 2.45) is 0 Å². The van der Waals surface area contributed by atoms with Gasteiger partial charge in [-0.15, -0.1) is 10.2 Å². The Labute approximate surface area is 190 Å². The van der Waals surface area contributed by atoms with Gasteiger partial charge in [-0.2, -0.15) is 0 Å². The lowest BCUT2D eigenvalue weighted by Gasteiger charge is -2.20. The Balaban J connectivity index is 1.25. The van der Waals surface area contributed by atoms with E-state index in [2.05, 4.69) is 32.5 Å². The first kappa shape index (κ1) is 21.5. The van der Waals surface area contributed by atoms with Gasteiger partial charge in [-0.3, -0.25) is 9.69 Å². The van der Waals surface area contributed by atoms with Crippen molar-refractivity contribution in [3.8, 4) is 5.75 Å². The van der Waals surface area contributed by atoms with E-state index in [-0.39, 0.29) is 5.56 Å². The molecule has 0 radical (unpaired) electrons. The molecule has 1 amide bonds. The molecule has 1 atom stereocenters.